The fourth-order valence-corrected chi connectivity index (χ4v) is 6.91. The number of anilines is 5. The molecule has 0 atom stereocenters. The van der Waals surface area contributed by atoms with Crippen LogP contribution in [0.1, 0.15) is 27.7 Å². The first kappa shape index (κ1) is 34.8. The Morgan fingerprint density at radius 2 is 1.54 bits per heavy atom. The molecule has 0 bridgehead atoms. The van der Waals surface area contributed by atoms with Crippen LogP contribution in [0.3, 0.4) is 0 Å². The summed E-state index contributed by atoms with van der Waals surface area (Å²) in [4.78, 5) is 31.8. The number of rotatable bonds is 13. The minimum Gasteiger partial charge on any atom is -0.457 e. The van der Waals surface area contributed by atoms with Crippen molar-refractivity contribution in [2.75, 3.05) is 83.4 Å². The Hall–Kier alpha value is -4.56. The zero-order chi connectivity index (χ0) is 34.3. The van der Waals surface area contributed by atoms with E-state index in [1.807, 2.05) is 34.5 Å². The minimum atomic E-state index is -3.37. The lowest BCUT2D eigenvalue weighted by atomic mass is 10.1. The lowest BCUT2D eigenvalue weighted by molar-refractivity contribution is 0.208. The van der Waals surface area contributed by atoms with Crippen LogP contribution in [0.4, 0.5) is 32.9 Å². The number of urea groups is 1. The van der Waals surface area contributed by atoms with Gasteiger partial charge in [-0.3, -0.25) is 10.0 Å². The van der Waals surface area contributed by atoms with Gasteiger partial charge in [-0.25, -0.2) is 23.2 Å². The minimum absolute atomic E-state index is 0.184. The molecule has 0 saturated carbocycles. The number of carbonyl (C=O) groups is 1. The Labute approximate surface area is 287 Å². The number of nitrogens with zero attached hydrogens (tertiary/aromatic N) is 6. The summed E-state index contributed by atoms with van der Waals surface area (Å²) in [5.74, 6) is 3.07. The lowest BCUT2D eigenvalue weighted by Crippen LogP contribution is -2.50. The Kier molecular flexibility index (Phi) is 11.3. The number of pyridine rings is 1. The van der Waals surface area contributed by atoms with E-state index in [9.17, 15) is 13.2 Å². The van der Waals surface area contributed by atoms with Crippen LogP contribution < -0.4 is 29.5 Å². The number of nitrogens with one attached hydrogen (secondary N) is 2. The van der Waals surface area contributed by atoms with Gasteiger partial charge < -0.3 is 24.3 Å². The van der Waals surface area contributed by atoms with Crippen LogP contribution >= 0.6 is 11.3 Å². The molecule has 48 heavy (non-hydrogen) atoms. The summed E-state index contributed by atoms with van der Waals surface area (Å²) >= 11 is 1.35. The van der Waals surface area contributed by atoms with Crippen molar-refractivity contribution in [2.45, 2.75) is 27.7 Å². The number of thiazole rings is 1. The molecule has 1 aliphatic heterocycles. The maximum atomic E-state index is 13.3. The predicted octanol–water partition coefficient (Wildman–Crippen LogP) is 6.42. The number of benzene rings is 2. The molecule has 256 valence electrons. The van der Waals surface area contributed by atoms with Gasteiger partial charge in [0.05, 0.1) is 17.6 Å². The topological polar surface area (TPSA) is 123 Å². The van der Waals surface area contributed by atoms with Gasteiger partial charge in [0.25, 0.3) is 0 Å². The van der Waals surface area contributed by atoms with Gasteiger partial charge in [-0.1, -0.05) is 12.1 Å². The highest BCUT2D eigenvalue weighted by atomic mass is 32.2. The standard InChI is InChI=1S/C34H44N8O4S2/c1-6-39(7-2)29-18-19-31(40(8-3)9-4)36-32(29)41-20-22-42(23-21-41)34(43)37-33-35-28(24-47-33)27-12-10-11-13-30(27)46-26-16-14-25(15-17-26)38-48(5,44)45/h10-19,24,38H,6-9,20-23H2,1-5H3,(H,35,37,43). The van der Waals surface area contributed by atoms with Gasteiger partial charge in [-0.2, -0.15) is 0 Å². The average Bonchev–Trinajstić information content (AvgIpc) is 3.55. The first-order valence-corrected chi connectivity index (χ1v) is 19.0. The number of sulfonamides is 1. The summed E-state index contributed by atoms with van der Waals surface area (Å²) in [6, 6.07) is 18.3. The number of carbonyl (C=O) groups excluding carboxylic acids is 1. The van der Waals surface area contributed by atoms with Gasteiger partial charge in [-0.05, 0) is 76.2 Å². The molecule has 0 unspecified atom stereocenters. The quantitative estimate of drug-likeness (QED) is 0.164. The number of hydrogen-bond donors (Lipinski definition) is 2. The van der Waals surface area contributed by atoms with E-state index < -0.39 is 10.0 Å². The number of ether oxygens (including phenoxy) is 1. The van der Waals surface area contributed by atoms with Crippen LogP contribution in [0.25, 0.3) is 11.3 Å². The second kappa shape index (κ2) is 15.6. The Morgan fingerprint density at radius 1 is 0.875 bits per heavy atom. The maximum Gasteiger partial charge on any atom is 0.323 e. The Bertz CT molecular complexity index is 1780. The fraction of sp³-hybridized carbons (Fsp3) is 0.382. The summed E-state index contributed by atoms with van der Waals surface area (Å²) < 4.78 is 31.6. The van der Waals surface area contributed by atoms with Gasteiger partial charge in [-0.15, -0.1) is 11.3 Å². The van der Waals surface area contributed by atoms with Crippen LogP contribution in [0.5, 0.6) is 11.5 Å². The second-order valence-electron chi connectivity index (χ2n) is 11.3. The lowest BCUT2D eigenvalue weighted by Gasteiger charge is -2.38. The second-order valence-corrected chi connectivity index (χ2v) is 13.9. The van der Waals surface area contributed by atoms with Crippen LogP contribution in [0.15, 0.2) is 66.0 Å². The van der Waals surface area contributed by atoms with Crippen molar-refractivity contribution < 1.29 is 17.9 Å². The molecule has 0 spiro atoms. The summed E-state index contributed by atoms with van der Waals surface area (Å²) in [7, 11) is -3.37. The molecule has 1 fully saturated rings. The predicted molar refractivity (Wildman–Crippen MR) is 197 cm³/mol. The van der Waals surface area contributed by atoms with E-state index in [1.165, 1.54) is 11.3 Å². The van der Waals surface area contributed by atoms with E-state index in [0.717, 1.165) is 55.3 Å². The van der Waals surface area contributed by atoms with Crippen molar-refractivity contribution in [3.8, 4) is 22.8 Å². The number of piperazine rings is 1. The van der Waals surface area contributed by atoms with Gasteiger partial charge in [0, 0.05) is 69.0 Å². The van der Waals surface area contributed by atoms with E-state index in [4.69, 9.17) is 14.7 Å². The number of aromatic nitrogens is 2. The molecule has 2 amide bonds. The number of amides is 2. The van der Waals surface area contributed by atoms with E-state index in [1.54, 1.807) is 24.3 Å². The highest BCUT2D eigenvalue weighted by Crippen LogP contribution is 2.36. The molecule has 2 N–H and O–H groups in total. The summed E-state index contributed by atoms with van der Waals surface area (Å²) in [6.45, 7) is 14.6. The summed E-state index contributed by atoms with van der Waals surface area (Å²) in [5, 5.41) is 5.37. The third-order valence-electron chi connectivity index (χ3n) is 8.16. The first-order valence-electron chi connectivity index (χ1n) is 16.2. The zero-order valence-corrected chi connectivity index (χ0v) is 29.8. The van der Waals surface area contributed by atoms with Crippen LogP contribution in [0, 0.1) is 0 Å². The summed E-state index contributed by atoms with van der Waals surface area (Å²) in [6.07, 6.45) is 1.10. The van der Waals surface area contributed by atoms with Crippen molar-refractivity contribution in [1.29, 1.82) is 0 Å². The monoisotopic (exact) mass is 692 g/mol. The molecule has 1 saturated heterocycles. The third kappa shape index (κ3) is 8.47. The van der Waals surface area contributed by atoms with Gasteiger partial charge in [0.15, 0.2) is 10.9 Å². The van der Waals surface area contributed by atoms with Gasteiger partial charge in [0.1, 0.15) is 17.3 Å². The van der Waals surface area contributed by atoms with Crippen molar-refractivity contribution in [2.24, 2.45) is 0 Å². The number of hydrogen-bond acceptors (Lipinski definition) is 10. The molecule has 5 rings (SSSR count). The highest BCUT2D eigenvalue weighted by molar-refractivity contribution is 7.92. The van der Waals surface area contributed by atoms with Gasteiger partial charge in [0.2, 0.25) is 10.0 Å². The molecule has 0 radical (unpaired) electrons. The molecule has 2 aromatic carbocycles. The highest BCUT2D eigenvalue weighted by Gasteiger charge is 2.26. The fourth-order valence-electron chi connectivity index (χ4n) is 5.64. The third-order valence-corrected chi connectivity index (χ3v) is 9.53. The number of para-hydroxylation sites is 1. The molecule has 1 aliphatic rings. The maximum absolute atomic E-state index is 13.3. The van der Waals surface area contributed by atoms with E-state index >= 15 is 0 Å². The normalized spacial score (nSPS) is 13.3. The summed E-state index contributed by atoms with van der Waals surface area (Å²) in [5.41, 5.74) is 3.01. The van der Waals surface area contributed by atoms with Crippen molar-refractivity contribution in [3.05, 3.63) is 66.0 Å². The van der Waals surface area contributed by atoms with Gasteiger partial charge >= 0.3 is 6.03 Å². The molecule has 3 heterocycles. The molecular weight excluding hydrogens is 649 g/mol. The molecule has 4 aromatic rings. The Balaban J connectivity index is 1.23. The SMILES string of the molecule is CCN(CC)c1ccc(N(CC)CC)c(N2CCN(C(=O)Nc3nc(-c4ccccc4Oc4ccc(NS(C)(=O)=O)cc4)cs3)CC2)n1. The molecule has 2 aromatic heterocycles. The first-order chi connectivity index (χ1) is 23.1. The van der Waals surface area contributed by atoms with E-state index in [0.29, 0.717) is 54.2 Å². The van der Waals surface area contributed by atoms with E-state index in [2.05, 4.69) is 64.6 Å². The van der Waals surface area contributed by atoms with Crippen molar-refractivity contribution in [1.82, 2.24) is 14.9 Å². The molecule has 14 heteroatoms. The van der Waals surface area contributed by atoms with Crippen molar-refractivity contribution >= 4 is 55.5 Å². The van der Waals surface area contributed by atoms with Crippen molar-refractivity contribution in [3.63, 3.8) is 0 Å². The molecular formula is C34H44N8O4S2. The van der Waals surface area contributed by atoms with Crippen LogP contribution in [0.2, 0.25) is 0 Å². The molecule has 12 nitrogen and oxygen atoms in total. The smallest absolute Gasteiger partial charge is 0.323 e. The largest absolute Gasteiger partial charge is 0.457 e. The Morgan fingerprint density at radius 3 is 2.19 bits per heavy atom. The molecule has 0 aliphatic carbocycles. The van der Waals surface area contributed by atoms with Crippen LogP contribution in [-0.2, 0) is 10.0 Å². The van der Waals surface area contributed by atoms with E-state index in [-0.39, 0.29) is 6.03 Å². The van der Waals surface area contributed by atoms with Crippen LogP contribution in [-0.4, -0.2) is 87.9 Å². The average molecular weight is 693 g/mol. The zero-order valence-electron chi connectivity index (χ0n) is 28.1.